The fourth-order valence-corrected chi connectivity index (χ4v) is 3.53. The van der Waals surface area contributed by atoms with Crippen LogP contribution in [0.15, 0.2) is 54.2 Å². The summed E-state index contributed by atoms with van der Waals surface area (Å²) < 4.78 is 1.91. The van der Waals surface area contributed by atoms with Crippen LogP contribution in [-0.4, -0.2) is 20.3 Å². The first-order valence-corrected chi connectivity index (χ1v) is 8.76. The van der Waals surface area contributed by atoms with Crippen LogP contribution in [0.5, 0.6) is 0 Å². The molecule has 25 heavy (non-hydrogen) atoms. The molecule has 0 fully saturated rings. The Morgan fingerprint density at radius 1 is 1.20 bits per heavy atom. The molecule has 1 N–H and O–H groups in total. The number of rotatable bonds is 3. The van der Waals surface area contributed by atoms with Crippen molar-refractivity contribution in [2.75, 3.05) is 5.32 Å². The summed E-state index contributed by atoms with van der Waals surface area (Å²) in [5.41, 5.74) is 4.16. The second-order valence-corrected chi connectivity index (χ2v) is 6.77. The van der Waals surface area contributed by atoms with Crippen LogP contribution in [0, 0.1) is 13.8 Å². The van der Waals surface area contributed by atoms with E-state index in [0.717, 1.165) is 21.8 Å². The van der Waals surface area contributed by atoms with E-state index in [1.807, 2.05) is 60.2 Å². The molecule has 0 aliphatic carbocycles. The number of fused-ring (bicyclic) bond motifs is 1. The van der Waals surface area contributed by atoms with Crippen LogP contribution in [-0.2, 0) is 0 Å². The van der Waals surface area contributed by atoms with Gasteiger partial charge in [0, 0.05) is 34.2 Å². The number of hydrogen-bond acceptors (Lipinski definition) is 4. The molecular weight excluding hydrogens is 332 g/mol. The van der Waals surface area contributed by atoms with Gasteiger partial charge in [0.1, 0.15) is 11.5 Å². The minimum atomic E-state index is -0.212. The number of aromatic nitrogens is 3. The first-order chi connectivity index (χ1) is 12.1. The lowest BCUT2D eigenvalue weighted by atomic mass is 10.2. The Bertz CT molecular complexity index is 1050. The normalized spacial score (nSPS) is 11.0. The minimum absolute atomic E-state index is 0.212. The third kappa shape index (κ3) is 2.92. The van der Waals surface area contributed by atoms with Gasteiger partial charge in [-0.3, -0.25) is 4.79 Å². The molecule has 0 atom stereocenters. The monoisotopic (exact) mass is 348 g/mol. The zero-order valence-electron chi connectivity index (χ0n) is 13.9. The van der Waals surface area contributed by atoms with Gasteiger partial charge in [0.15, 0.2) is 0 Å². The van der Waals surface area contributed by atoms with Crippen molar-refractivity contribution < 1.29 is 4.79 Å². The van der Waals surface area contributed by atoms with E-state index in [0.29, 0.717) is 17.0 Å². The maximum atomic E-state index is 12.6. The van der Waals surface area contributed by atoms with Crippen LogP contribution in [0.3, 0.4) is 0 Å². The lowest BCUT2D eigenvalue weighted by Gasteiger charge is -2.06. The number of pyridine rings is 1. The highest BCUT2D eigenvalue weighted by atomic mass is 32.1. The van der Waals surface area contributed by atoms with Crippen molar-refractivity contribution in [2.45, 2.75) is 13.8 Å². The summed E-state index contributed by atoms with van der Waals surface area (Å²) in [4.78, 5) is 22.6. The molecule has 0 saturated carbocycles. The quantitative estimate of drug-likeness (QED) is 0.599. The second-order valence-electron chi connectivity index (χ2n) is 5.83. The molecule has 4 aromatic heterocycles. The van der Waals surface area contributed by atoms with Crippen LogP contribution in [0.2, 0.25) is 0 Å². The van der Waals surface area contributed by atoms with Gasteiger partial charge in [0.25, 0.3) is 5.91 Å². The second kappa shape index (κ2) is 6.14. The maximum absolute atomic E-state index is 12.6. The summed E-state index contributed by atoms with van der Waals surface area (Å²) in [7, 11) is 0. The summed E-state index contributed by atoms with van der Waals surface area (Å²) in [6.45, 7) is 3.92. The Hall–Kier alpha value is -2.99. The third-order valence-corrected chi connectivity index (χ3v) is 4.91. The van der Waals surface area contributed by atoms with Crippen molar-refractivity contribution >= 4 is 28.7 Å². The number of carbonyl (C=O) groups excluding carboxylic acids is 1. The lowest BCUT2D eigenvalue weighted by molar-refractivity contribution is 0.102. The molecule has 0 unspecified atom stereocenters. The molecular formula is C19H16N4OS. The molecule has 1 amide bonds. The number of aryl methyl sites for hydroxylation is 2. The standard InChI is InChI=1S/C19H16N4OS/c1-12-10-13(2)23-8-7-15(18(23)21-12)19(24)22-17-6-5-14(11-20-17)16-4-3-9-25-16/h3-11H,1-2H3,(H,20,22,24). The smallest absolute Gasteiger partial charge is 0.260 e. The fourth-order valence-electron chi connectivity index (χ4n) is 2.81. The van der Waals surface area contributed by atoms with Crippen LogP contribution >= 0.6 is 11.3 Å². The Morgan fingerprint density at radius 2 is 2.08 bits per heavy atom. The number of nitrogens with zero attached hydrogens (tertiary/aromatic N) is 3. The molecule has 0 aromatic carbocycles. The van der Waals surface area contributed by atoms with Gasteiger partial charge in [-0.05, 0) is 49.6 Å². The highest BCUT2D eigenvalue weighted by Crippen LogP contribution is 2.24. The zero-order valence-corrected chi connectivity index (χ0v) is 14.7. The molecule has 4 heterocycles. The number of nitrogens with one attached hydrogen (secondary N) is 1. The average Bonchev–Trinajstić information content (AvgIpc) is 3.25. The number of thiophene rings is 1. The van der Waals surface area contributed by atoms with E-state index < -0.39 is 0 Å². The van der Waals surface area contributed by atoms with E-state index in [4.69, 9.17) is 0 Å². The number of amides is 1. The van der Waals surface area contributed by atoms with Crippen LogP contribution in [0.4, 0.5) is 5.82 Å². The molecule has 4 rings (SSSR count). The van der Waals surface area contributed by atoms with E-state index in [2.05, 4.69) is 15.3 Å². The van der Waals surface area contributed by atoms with Gasteiger partial charge < -0.3 is 9.72 Å². The maximum Gasteiger partial charge on any atom is 0.260 e. The molecule has 0 radical (unpaired) electrons. The van der Waals surface area contributed by atoms with Crippen molar-refractivity contribution in [1.82, 2.24) is 14.4 Å². The predicted molar refractivity (Wildman–Crippen MR) is 100 cm³/mol. The van der Waals surface area contributed by atoms with Gasteiger partial charge in [-0.2, -0.15) is 0 Å². The highest BCUT2D eigenvalue weighted by Gasteiger charge is 2.15. The largest absolute Gasteiger partial charge is 0.306 e. The molecule has 0 spiro atoms. The summed E-state index contributed by atoms with van der Waals surface area (Å²) >= 11 is 1.66. The van der Waals surface area contributed by atoms with E-state index in [-0.39, 0.29) is 5.91 Å². The van der Waals surface area contributed by atoms with E-state index in [1.54, 1.807) is 23.6 Å². The Balaban J connectivity index is 1.60. The van der Waals surface area contributed by atoms with Crippen molar-refractivity contribution in [3.05, 3.63) is 71.1 Å². The summed E-state index contributed by atoms with van der Waals surface area (Å²) in [6, 6.07) is 11.6. The highest BCUT2D eigenvalue weighted by molar-refractivity contribution is 7.13. The fraction of sp³-hybridized carbons (Fsp3) is 0.105. The van der Waals surface area contributed by atoms with Gasteiger partial charge in [0.05, 0.1) is 5.56 Å². The Morgan fingerprint density at radius 3 is 2.80 bits per heavy atom. The average molecular weight is 348 g/mol. The molecule has 0 aliphatic rings. The van der Waals surface area contributed by atoms with Gasteiger partial charge in [0.2, 0.25) is 0 Å². The van der Waals surface area contributed by atoms with Crippen LogP contribution in [0.1, 0.15) is 21.7 Å². The SMILES string of the molecule is Cc1cc(C)n2ccc(C(=O)Nc3ccc(-c4cccs4)cn3)c2n1. The molecule has 4 aromatic rings. The number of carbonyl (C=O) groups is 1. The van der Waals surface area contributed by atoms with E-state index in [1.165, 1.54) is 0 Å². The first-order valence-electron chi connectivity index (χ1n) is 7.88. The topological polar surface area (TPSA) is 59.3 Å². The van der Waals surface area contributed by atoms with Gasteiger partial charge in [-0.1, -0.05) is 6.07 Å². The summed E-state index contributed by atoms with van der Waals surface area (Å²) in [6.07, 6.45) is 3.63. The van der Waals surface area contributed by atoms with E-state index >= 15 is 0 Å². The molecule has 6 heteroatoms. The molecule has 124 valence electrons. The van der Waals surface area contributed by atoms with Crippen molar-refractivity contribution in [3.8, 4) is 10.4 Å². The van der Waals surface area contributed by atoms with Crippen LogP contribution in [0.25, 0.3) is 16.1 Å². The molecule has 0 saturated heterocycles. The third-order valence-electron chi connectivity index (χ3n) is 3.99. The van der Waals surface area contributed by atoms with Crippen LogP contribution < -0.4 is 5.32 Å². The number of anilines is 1. The Labute approximate surface area is 149 Å². The van der Waals surface area contributed by atoms with Crippen molar-refractivity contribution in [1.29, 1.82) is 0 Å². The minimum Gasteiger partial charge on any atom is -0.306 e. The van der Waals surface area contributed by atoms with Gasteiger partial charge in [-0.15, -0.1) is 11.3 Å². The molecule has 0 aliphatic heterocycles. The lowest BCUT2D eigenvalue weighted by Crippen LogP contribution is -2.13. The number of hydrogen-bond donors (Lipinski definition) is 1. The first kappa shape index (κ1) is 15.5. The van der Waals surface area contributed by atoms with Crippen molar-refractivity contribution in [3.63, 3.8) is 0 Å². The van der Waals surface area contributed by atoms with Gasteiger partial charge >= 0.3 is 0 Å². The Kier molecular flexibility index (Phi) is 3.82. The zero-order chi connectivity index (χ0) is 17.4. The molecule has 5 nitrogen and oxygen atoms in total. The molecule has 0 bridgehead atoms. The van der Waals surface area contributed by atoms with Crippen molar-refractivity contribution in [2.24, 2.45) is 0 Å². The van der Waals surface area contributed by atoms with E-state index in [9.17, 15) is 4.79 Å². The summed E-state index contributed by atoms with van der Waals surface area (Å²) in [5.74, 6) is 0.311. The predicted octanol–water partition coefficient (Wildman–Crippen LogP) is 4.33. The summed E-state index contributed by atoms with van der Waals surface area (Å²) in [5, 5.41) is 4.88. The van der Waals surface area contributed by atoms with Gasteiger partial charge in [-0.25, -0.2) is 9.97 Å².